The van der Waals surface area contributed by atoms with Crippen LogP contribution in [0.25, 0.3) is 0 Å². The first kappa shape index (κ1) is 13.9. The molecule has 1 aliphatic heterocycles. The Hall–Kier alpha value is -3.10. The first-order valence-electron chi connectivity index (χ1n) is 6.47. The quantitative estimate of drug-likeness (QED) is 0.856. The van der Waals surface area contributed by atoms with Crippen LogP contribution in [0.3, 0.4) is 0 Å². The van der Waals surface area contributed by atoms with Gasteiger partial charge in [-0.05, 0) is 12.1 Å². The fraction of sp³-hybridized carbons (Fsp3) is 0.231. The highest BCUT2D eigenvalue weighted by Crippen LogP contribution is 2.34. The number of fused-ring (bicyclic) bond motifs is 1. The molecule has 0 bridgehead atoms. The lowest BCUT2D eigenvalue weighted by molar-refractivity contribution is -0.117. The Morgan fingerprint density at radius 1 is 1.27 bits per heavy atom. The van der Waals surface area contributed by atoms with Crippen molar-refractivity contribution >= 4 is 23.3 Å². The van der Waals surface area contributed by atoms with Crippen LogP contribution in [-0.2, 0) is 16.1 Å². The molecule has 0 spiro atoms. The fourth-order valence-electron chi connectivity index (χ4n) is 1.94. The summed E-state index contributed by atoms with van der Waals surface area (Å²) >= 11 is 0. The lowest BCUT2D eigenvalue weighted by Crippen LogP contribution is -2.19. The van der Waals surface area contributed by atoms with Crippen LogP contribution in [0.5, 0.6) is 11.5 Å². The molecule has 9 nitrogen and oxygen atoms in total. The van der Waals surface area contributed by atoms with E-state index in [9.17, 15) is 9.59 Å². The average Bonchev–Trinajstić information content (AvgIpc) is 3.06. The number of rotatable bonds is 4. The summed E-state index contributed by atoms with van der Waals surface area (Å²) in [7, 11) is 0. The highest BCUT2D eigenvalue weighted by Gasteiger charge is 2.14. The Morgan fingerprint density at radius 2 is 2.09 bits per heavy atom. The Bertz CT molecular complexity index is 727. The number of hydrogen-bond acceptors (Lipinski definition) is 6. The van der Waals surface area contributed by atoms with E-state index in [1.54, 1.807) is 18.2 Å². The third-order valence-corrected chi connectivity index (χ3v) is 2.80. The second-order valence-corrected chi connectivity index (χ2v) is 4.60. The van der Waals surface area contributed by atoms with Gasteiger partial charge in [-0.15, -0.1) is 5.10 Å². The van der Waals surface area contributed by atoms with E-state index in [2.05, 4.69) is 20.9 Å². The van der Waals surface area contributed by atoms with Crippen molar-refractivity contribution in [3.63, 3.8) is 0 Å². The normalized spacial score (nSPS) is 12.0. The van der Waals surface area contributed by atoms with Crippen LogP contribution >= 0.6 is 0 Å². The van der Waals surface area contributed by atoms with E-state index in [1.807, 2.05) is 0 Å². The number of aromatic nitrogens is 3. The molecule has 1 aliphatic rings. The van der Waals surface area contributed by atoms with Crippen molar-refractivity contribution < 1.29 is 19.1 Å². The summed E-state index contributed by atoms with van der Waals surface area (Å²) in [6.45, 7) is 1.52. The maximum absolute atomic E-state index is 12.0. The topological polar surface area (TPSA) is 107 Å². The summed E-state index contributed by atoms with van der Waals surface area (Å²) in [4.78, 5) is 22.8. The molecule has 2 amide bonds. The molecule has 0 fully saturated rings. The zero-order valence-corrected chi connectivity index (χ0v) is 11.7. The highest BCUT2D eigenvalue weighted by atomic mass is 16.7. The molecule has 2 heterocycles. The van der Waals surface area contributed by atoms with Gasteiger partial charge in [0.2, 0.25) is 18.6 Å². The van der Waals surface area contributed by atoms with Gasteiger partial charge in [0, 0.05) is 18.7 Å². The minimum atomic E-state index is -0.279. The van der Waals surface area contributed by atoms with Crippen LogP contribution in [-0.4, -0.2) is 33.6 Å². The summed E-state index contributed by atoms with van der Waals surface area (Å²) in [6, 6.07) is 5.13. The third-order valence-electron chi connectivity index (χ3n) is 2.80. The third kappa shape index (κ3) is 3.14. The first-order chi connectivity index (χ1) is 10.6. The van der Waals surface area contributed by atoms with Gasteiger partial charge in [0.05, 0.1) is 6.20 Å². The Labute approximate surface area is 125 Å². The number of carbonyl (C=O) groups is 2. The molecular formula is C13H13N5O4. The maximum Gasteiger partial charge on any atom is 0.246 e. The van der Waals surface area contributed by atoms with Crippen molar-refractivity contribution in [3.05, 3.63) is 24.4 Å². The number of carbonyl (C=O) groups excluding carboxylic acids is 2. The van der Waals surface area contributed by atoms with Gasteiger partial charge in [0.25, 0.3) is 0 Å². The molecule has 0 aliphatic carbocycles. The lowest BCUT2D eigenvalue weighted by atomic mass is 10.3. The molecule has 3 rings (SSSR count). The van der Waals surface area contributed by atoms with Crippen molar-refractivity contribution in [3.8, 4) is 11.5 Å². The van der Waals surface area contributed by atoms with E-state index < -0.39 is 0 Å². The maximum atomic E-state index is 12.0. The molecule has 22 heavy (non-hydrogen) atoms. The molecule has 0 atom stereocenters. The second-order valence-electron chi connectivity index (χ2n) is 4.60. The van der Waals surface area contributed by atoms with Crippen molar-refractivity contribution in [2.24, 2.45) is 0 Å². The van der Waals surface area contributed by atoms with Gasteiger partial charge in [-0.2, -0.15) is 0 Å². The van der Waals surface area contributed by atoms with Gasteiger partial charge in [-0.25, -0.2) is 4.68 Å². The standard InChI is InChI=1S/C13H13N5O4/c1-8(19)14-12-5-18(17-16-12)6-13(20)15-9-2-3-10-11(4-9)22-7-21-10/h2-5H,6-7H2,1H3,(H,14,19)(H,15,20). The highest BCUT2D eigenvalue weighted by molar-refractivity contribution is 5.91. The van der Waals surface area contributed by atoms with Gasteiger partial charge in [-0.3, -0.25) is 9.59 Å². The van der Waals surface area contributed by atoms with Crippen LogP contribution in [0.15, 0.2) is 24.4 Å². The lowest BCUT2D eigenvalue weighted by Gasteiger charge is -2.05. The SMILES string of the molecule is CC(=O)Nc1cn(CC(=O)Nc2ccc3c(c2)OCO3)nn1. The molecule has 1 aromatic heterocycles. The number of nitrogens with zero attached hydrogens (tertiary/aromatic N) is 3. The summed E-state index contributed by atoms with van der Waals surface area (Å²) in [5.41, 5.74) is 0.594. The first-order valence-corrected chi connectivity index (χ1v) is 6.47. The van der Waals surface area contributed by atoms with Gasteiger partial charge in [-0.1, -0.05) is 5.21 Å². The van der Waals surface area contributed by atoms with Gasteiger partial charge < -0.3 is 20.1 Å². The molecule has 0 unspecified atom stereocenters. The van der Waals surface area contributed by atoms with E-state index in [0.29, 0.717) is 23.0 Å². The van der Waals surface area contributed by atoms with Crippen LogP contribution in [0, 0.1) is 0 Å². The van der Waals surface area contributed by atoms with Gasteiger partial charge in [0.15, 0.2) is 17.3 Å². The average molecular weight is 303 g/mol. The van der Waals surface area contributed by atoms with E-state index in [1.165, 1.54) is 17.8 Å². The van der Waals surface area contributed by atoms with Crippen LogP contribution in [0.2, 0.25) is 0 Å². The van der Waals surface area contributed by atoms with Crippen molar-refractivity contribution in [2.75, 3.05) is 17.4 Å². The van der Waals surface area contributed by atoms with Gasteiger partial charge >= 0.3 is 0 Å². The Morgan fingerprint density at radius 3 is 2.91 bits per heavy atom. The van der Waals surface area contributed by atoms with Crippen LogP contribution in [0.1, 0.15) is 6.92 Å². The Balaban J connectivity index is 1.60. The molecule has 1 aromatic carbocycles. The smallest absolute Gasteiger partial charge is 0.246 e. The van der Waals surface area contributed by atoms with Gasteiger partial charge in [0.1, 0.15) is 6.54 Å². The minimum absolute atomic E-state index is 0.0268. The van der Waals surface area contributed by atoms with E-state index in [4.69, 9.17) is 9.47 Å². The molecule has 0 saturated carbocycles. The zero-order chi connectivity index (χ0) is 15.5. The van der Waals surface area contributed by atoms with Crippen molar-refractivity contribution in [1.29, 1.82) is 0 Å². The molecule has 0 saturated heterocycles. The Kier molecular flexibility index (Phi) is 3.60. The predicted octanol–water partition coefficient (Wildman–Crippen LogP) is 0.604. The molecule has 0 radical (unpaired) electrons. The van der Waals surface area contributed by atoms with E-state index in [0.717, 1.165) is 0 Å². The fourth-order valence-corrected chi connectivity index (χ4v) is 1.94. The predicted molar refractivity (Wildman–Crippen MR) is 75.5 cm³/mol. The summed E-state index contributed by atoms with van der Waals surface area (Å²) in [5, 5.41) is 12.7. The molecular weight excluding hydrogens is 290 g/mol. The second kappa shape index (κ2) is 5.72. The molecule has 2 N–H and O–H groups in total. The summed E-state index contributed by atoms with van der Waals surface area (Å²) in [5.74, 6) is 0.999. The number of hydrogen-bond donors (Lipinski definition) is 2. The van der Waals surface area contributed by atoms with Crippen LogP contribution < -0.4 is 20.1 Å². The monoisotopic (exact) mass is 303 g/mol. The summed E-state index contributed by atoms with van der Waals surface area (Å²) < 4.78 is 11.8. The van der Waals surface area contributed by atoms with Crippen molar-refractivity contribution in [1.82, 2.24) is 15.0 Å². The number of amides is 2. The largest absolute Gasteiger partial charge is 0.454 e. The number of benzene rings is 1. The number of anilines is 2. The van der Waals surface area contributed by atoms with E-state index >= 15 is 0 Å². The van der Waals surface area contributed by atoms with Crippen LogP contribution in [0.4, 0.5) is 11.5 Å². The zero-order valence-electron chi connectivity index (χ0n) is 11.7. The summed E-state index contributed by atoms with van der Waals surface area (Å²) in [6.07, 6.45) is 1.47. The number of ether oxygens (including phenoxy) is 2. The molecule has 114 valence electrons. The number of nitrogens with one attached hydrogen (secondary N) is 2. The molecule has 9 heteroatoms. The van der Waals surface area contributed by atoms with E-state index in [-0.39, 0.29) is 25.2 Å². The molecule has 2 aromatic rings. The minimum Gasteiger partial charge on any atom is -0.454 e. The van der Waals surface area contributed by atoms with Crippen molar-refractivity contribution in [2.45, 2.75) is 13.5 Å².